The number of aromatic nitrogens is 3. The number of pyridine rings is 1. The summed E-state index contributed by atoms with van der Waals surface area (Å²) in [6, 6.07) is 9.26. The lowest BCUT2D eigenvalue weighted by atomic mass is 9.87. The van der Waals surface area contributed by atoms with E-state index < -0.39 is 24.5 Å². The highest BCUT2D eigenvalue weighted by atomic mass is 16.6. The minimum atomic E-state index is -1.14. The van der Waals surface area contributed by atoms with Crippen LogP contribution < -0.4 is 16.4 Å². The Labute approximate surface area is 223 Å². The van der Waals surface area contributed by atoms with Crippen molar-refractivity contribution in [1.29, 1.82) is 0 Å². The Bertz CT molecular complexity index is 1240. The van der Waals surface area contributed by atoms with Gasteiger partial charge in [0.2, 0.25) is 0 Å². The normalized spacial score (nSPS) is 22.6. The number of hydrogen-bond acceptors (Lipinski definition) is 8. The van der Waals surface area contributed by atoms with Gasteiger partial charge in [-0.05, 0) is 42.1 Å². The quantitative estimate of drug-likeness (QED) is 0.301. The first kappa shape index (κ1) is 27.8. The molecule has 3 aromatic rings. The van der Waals surface area contributed by atoms with Crippen molar-refractivity contribution in [2.45, 2.75) is 57.6 Å². The molecule has 0 bridgehead atoms. The summed E-state index contributed by atoms with van der Waals surface area (Å²) in [7, 11) is 1.91. The van der Waals surface area contributed by atoms with Crippen LogP contribution in [0.1, 0.15) is 39.5 Å². The third kappa shape index (κ3) is 6.24. The van der Waals surface area contributed by atoms with E-state index in [1.807, 2.05) is 43.1 Å². The highest BCUT2D eigenvalue weighted by Crippen LogP contribution is 2.32. The van der Waals surface area contributed by atoms with Crippen molar-refractivity contribution >= 4 is 28.6 Å². The molecule has 0 saturated carbocycles. The molecular weight excluding hydrogens is 486 g/mol. The number of imidazole rings is 1. The van der Waals surface area contributed by atoms with Gasteiger partial charge in [-0.1, -0.05) is 39.8 Å². The van der Waals surface area contributed by atoms with Crippen molar-refractivity contribution in [2.24, 2.45) is 5.92 Å². The molecule has 5 atom stereocenters. The van der Waals surface area contributed by atoms with Gasteiger partial charge in [0.25, 0.3) is 0 Å². The van der Waals surface area contributed by atoms with Crippen LogP contribution in [0.2, 0.25) is 0 Å². The van der Waals surface area contributed by atoms with Gasteiger partial charge < -0.3 is 36.2 Å². The Balaban J connectivity index is 1.25. The summed E-state index contributed by atoms with van der Waals surface area (Å²) < 4.78 is 7.64. The van der Waals surface area contributed by atoms with Gasteiger partial charge in [0.05, 0.1) is 12.0 Å². The standard InChI is InChI=1S/C27H39N7O4/c1-16(12-30-26(37)32-18-8-6-17(7-9-18)27(2,3)4)13-33(5)14-20-22(35)23(36)25(38-20)34-15-31-21-19(28)10-11-29-24(21)34/h6-11,15-16,20,22-23,25,35-36H,12-14H2,1-5H3,(H2,28,29)(H2,30,32,37)/t16?,20-,22-,23-,25-/m1/s1. The number of anilines is 2. The van der Waals surface area contributed by atoms with Crippen LogP contribution in [0.4, 0.5) is 16.2 Å². The molecule has 1 unspecified atom stereocenters. The van der Waals surface area contributed by atoms with Crippen LogP contribution in [0, 0.1) is 5.92 Å². The molecule has 2 amide bonds. The molecule has 11 heteroatoms. The fraction of sp³-hybridized carbons (Fsp3) is 0.519. The molecule has 1 aliphatic heterocycles. The van der Waals surface area contributed by atoms with E-state index in [2.05, 4.69) is 41.4 Å². The Morgan fingerprint density at radius 2 is 1.89 bits per heavy atom. The van der Waals surface area contributed by atoms with Crippen molar-refractivity contribution in [3.05, 3.63) is 48.4 Å². The molecule has 11 nitrogen and oxygen atoms in total. The molecule has 3 heterocycles. The maximum Gasteiger partial charge on any atom is 0.319 e. The molecule has 0 radical (unpaired) electrons. The second-order valence-electron chi connectivity index (χ2n) is 11.3. The topological polar surface area (TPSA) is 151 Å². The number of nitrogens with zero attached hydrogens (tertiary/aromatic N) is 4. The summed E-state index contributed by atoms with van der Waals surface area (Å²) in [5.74, 6) is 0.137. The number of amides is 2. The number of fused-ring (bicyclic) bond motifs is 1. The van der Waals surface area contributed by atoms with Gasteiger partial charge in [-0.2, -0.15) is 0 Å². The lowest BCUT2D eigenvalue weighted by Crippen LogP contribution is -2.41. The van der Waals surface area contributed by atoms with Gasteiger partial charge >= 0.3 is 6.03 Å². The molecule has 0 spiro atoms. The minimum Gasteiger partial charge on any atom is -0.397 e. The summed E-state index contributed by atoms with van der Waals surface area (Å²) in [5, 5.41) is 27.1. The first-order valence-corrected chi connectivity index (χ1v) is 12.9. The molecule has 1 fully saturated rings. The van der Waals surface area contributed by atoms with Crippen LogP contribution in [-0.4, -0.2) is 80.7 Å². The number of nitrogens with one attached hydrogen (secondary N) is 2. The highest BCUT2D eigenvalue weighted by molar-refractivity contribution is 5.89. The summed E-state index contributed by atoms with van der Waals surface area (Å²) in [5.41, 5.74) is 9.45. The van der Waals surface area contributed by atoms with E-state index in [0.29, 0.717) is 36.5 Å². The van der Waals surface area contributed by atoms with Crippen LogP contribution in [-0.2, 0) is 10.2 Å². The average Bonchev–Trinajstić information content (AvgIpc) is 3.40. The van der Waals surface area contributed by atoms with Gasteiger partial charge in [0.1, 0.15) is 23.8 Å². The van der Waals surface area contributed by atoms with E-state index >= 15 is 0 Å². The minimum absolute atomic E-state index is 0.0560. The van der Waals surface area contributed by atoms with Crippen LogP contribution in [0.3, 0.4) is 0 Å². The number of ether oxygens (including phenoxy) is 1. The van der Waals surface area contributed by atoms with Gasteiger partial charge in [0.15, 0.2) is 11.9 Å². The van der Waals surface area contributed by atoms with Crippen LogP contribution in [0.25, 0.3) is 11.2 Å². The maximum absolute atomic E-state index is 12.4. The van der Waals surface area contributed by atoms with Gasteiger partial charge in [0, 0.05) is 31.5 Å². The first-order chi connectivity index (χ1) is 17.9. The predicted octanol–water partition coefficient (Wildman–Crippen LogP) is 2.32. The Morgan fingerprint density at radius 3 is 2.58 bits per heavy atom. The number of likely N-dealkylation sites (N-methyl/N-ethyl adjacent to an activating group) is 1. The molecule has 38 heavy (non-hydrogen) atoms. The molecule has 6 N–H and O–H groups in total. The van der Waals surface area contributed by atoms with Gasteiger partial charge in [-0.25, -0.2) is 14.8 Å². The molecular formula is C27H39N7O4. The monoisotopic (exact) mass is 525 g/mol. The highest BCUT2D eigenvalue weighted by Gasteiger charge is 2.44. The van der Waals surface area contributed by atoms with E-state index in [4.69, 9.17) is 10.5 Å². The zero-order valence-corrected chi connectivity index (χ0v) is 22.6. The second-order valence-corrected chi connectivity index (χ2v) is 11.3. The number of nitrogen functional groups attached to an aromatic ring is 1. The summed E-state index contributed by atoms with van der Waals surface area (Å²) in [6.45, 7) is 10.0. The molecule has 206 valence electrons. The Kier molecular flexibility index (Phi) is 8.22. The second kappa shape index (κ2) is 11.2. The fourth-order valence-electron chi connectivity index (χ4n) is 4.72. The Morgan fingerprint density at radius 1 is 1.18 bits per heavy atom. The number of carbonyl (C=O) groups is 1. The summed E-state index contributed by atoms with van der Waals surface area (Å²) in [6.07, 6.45) is -0.588. The molecule has 1 aliphatic rings. The van der Waals surface area contributed by atoms with Crippen molar-refractivity contribution in [3.63, 3.8) is 0 Å². The van der Waals surface area contributed by atoms with E-state index in [0.717, 1.165) is 5.69 Å². The van der Waals surface area contributed by atoms with Crippen molar-refractivity contribution in [3.8, 4) is 0 Å². The average molecular weight is 526 g/mol. The lowest BCUT2D eigenvalue weighted by molar-refractivity contribution is -0.0428. The third-order valence-electron chi connectivity index (χ3n) is 6.84. The summed E-state index contributed by atoms with van der Waals surface area (Å²) >= 11 is 0. The zero-order valence-electron chi connectivity index (χ0n) is 22.6. The van der Waals surface area contributed by atoms with Crippen LogP contribution in [0.5, 0.6) is 0 Å². The van der Waals surface area contributed by atoms with Gasteiger partial charge in [-0.15, -0.1) is 0 Å². The van der Waals surface area contributed by atoms with E-state index in [-0.39, 0.29) is 17.4 Å². The predicted molar refractivity (Wildman–Crippen MR) is 147 cm³/mol. The number of benzene rings is 1. The van der Waals surface area contributed by atoms with E-state index in [9.17, 15) is 15.0 Å². The first-order valence-electron chi connectivity index (χ1n) is 12.9. The number of aliphatic hydroxyl groups excluding tert-OH is 2. The molecule has 2 aromatic heterocycles. The SMILES string of the molecule is CC(CNC(=O)Nc1ccc(C(C)(C)C)cc1)CN(C)C[C@H]1O[C@@H](n2cnc3c(N)ccnc32)[C@H](O)[C@@H]1O. The number of carbonyl (C=O) groups excluding carboxylic acids is 1. The van der Waals surface area contributed by atoms with Crippen molar-refractivity contribution < 1.29 is 19.7 Å². The largest absolute Gasteiger partial charge is 0.397 e. The fourth-order valence-corrected chi connectivity index (χ4v) is 4.72. The molecule has 4 rings (SSSR count). The van der Waals surface area contributed by atoms with E-state index in [1.54, 1.807) is 16.8 Å². The molecule has 0 aliphatic carbocycles. The number of hydrogen-bond donors (Lipinski definition) is 5. The van der Waals surface area contributed by atoms with Crippen molar-refractivity contribution in [1.82, 2.24) is 24.8 Å². The molecule has 1 aromatic carbocycles. The Hall–Kier alpha value is -3.25. The number of aliphatic hydroxyl groups is 2. The zero-order chi connectivity index (χ0) is 27.6. The molecule has 1 saturated heterocycles. The van der Waals surface area contributed by atoms with Crippen LogP contribution in [0.15, 0.2) is 42.9 Å². The maximum atomic E-state index is 12.4. The van der Waals surface area contributed by atoms with Gasteiger partial charge in [-0.3, -0.25) is 4.57 Å². The lowest BCUT2D eigenvalue weighted by Gasteiger charge is -2.25. The number of nitrogens with two attached hydrogens (primary N) is 1. The number of rotatable bonds is 8. The summed E-state index contributed by atoms with van der Waals surface area (Å²) in [4.78, 5) is 23.0. The number of urea groups is 1. The smallest absolute Gasteiger partial charge is 0.319 e. The van der Waals surface area contributed by atoms with Crippen molar-refractivity contribution in [2.75, 3.05) is 37.7 Å². The third-order valence-corrected chi connectivity index (χ3v) is 6.84. The van der Waals surface area contributed by atoms with Crippen LogP contribution >= 0.6 is 0 Å². The van der Waals surface area contributed by atoms with E-state index in [1.165, 1.54) is 11.9 Å².